The molecule has 1 aromatic heterocycles. The Kier molecular flexibility index (Phi) is 3.09. The Morgan fingerprint density at radius 3 is 2.67 bits per heavy atom. The summed E-state index contributed by atoms with van der Waals surface area (Å²) in [5.74, 6) is 0.663. The van der Waals surface area contributed by atoms with E-state index in [1.165, 1.54) is 0 Å². The number of pyridine rings is 1. The molecule has 1 aromatic rings. The lowest BCUT2D eigenvalue weighted by molar-refractivity contribution is 0.231. The maximum Gasteiger partial charge on any atom is 0.228 e. The van der Waals surface area contributed by atoms with Crippen LogP contribution in [0, 0.1) is 6.92 Å². The van der Waals surface area contributed by atoms with Crippen LogP contribution in [0.15, 0.2) is 16.7 Å². The molecule has 0 spiro atoms. The average molecular weight is 230 g/mol. The summed E-state index contributed by atoms with van der Waals surface area (Å²) >= 11 is 3.39. The van der Waals surface area contributed by atoms with Crippen molar-refractivity contribution < 1.29 is 4.74 Å². The summed E-state index contributed by atoms with van der Waals surface area (Å²) < 4.78 is 6.36. The van der Waals surface area contributed by atoms with Crippen molar-refractivity contribution in [1.29, 1.82) is 0 Å². The van der Waals surface area contributed by atoms with E-state index >= 15 is 0 Å². The van der Waals surface area contributed by atoms with Gasteiger partial charge in [0.25, 0.3) is 0 Å². The van der Waals surface area contributed by atoms with Gasteiger partial charge in [0.1, 0.15) is 0 Å². The van der Waals surface area contributed by atoms with Gasteiger partial charge in [-0.1, -0.05) is 0 Å². The first kappa shape index (κ1) is 9.52. The molecular formula is C9H12BrNO. The van der Waals surface area contributed by atoms with Crippen molar-refractivity contribution >= 4 is 15.9 Å². The van der Waals surface area contributed by atoms with Crippen molar-refractivity contribution in [3.63, 3.8) is 0 Å². The van der Waals surface area contributed by atoms with Crippen molar-refractivity contribution in [1.82, 2.24) is 4.98 Å². The van der Waals surface area contributed by atoms with Gasteiger partial charge in [0.15, 0.2) is 0 Å². The van der Waals surface area contributed by atoms with Gasteiger partial charge in [0, 0.05) is 6.20 Å². The van der Waals surface area contributed by atoms with E-state index < -0.39 is 0 Å². The molecule has 0 N–H and O–H groups in total. The van der Waals surface area contributed by atoms with Gasteiger partial charge in [-0.25, -0.2) is 4.98 Å². The minimum absolute atomic E-state index is 0.163. The molecule has 0 bridgehead atoms. The minimum Gasteiger partial charge on any atom is -0.474 e. The van der Waals surface area contributed by atoms with E-state index in [2.05, 4.69) is 20.9 Å². The van der Waals surface area contributed by atoms with Crippen LogP contribution in [-0.2, 0) is 0 Å². The number of aromatic nitrogens is 1. The Morgan fingerprint density at radius 2 is 2.17 bits per heavy atom. The first-order valence-corrected chi connectivity index (χ1v) is 4.67. The summed E-state index contributed by atoms with van der Waals surface area (Å²) in [4.78, 5) is 4.15. The summed E-state index contributed by atoms with van der Waals surface area (Å²) in [6.07, 6.45) is 1.96. The number of rotatable bonds is 2. The fraction of sp³-hybridized carbons (Fsp3) is 0.444. The van der Waals surface area contributed by atoms with E-state index in [1.807, 2.05) is 26.8 Å². The first-order valence-electron chi connectivity index (χ1n) is 3.88. The number of aryl methyl sites for hydroxylation is 1. The van der Waals surface area contributed by atoms with Gasteiger partial charge >= 0.3 is 0 Å². The van der Waals surface area contributed by atoms with Crippen molar-refractivity contribution in [3.8, 4) is 5.88 Å². The molecular weight excluding hydrogens is 218 g/mol. The van der Waals surface area contributed by atoms with E-state index in [0.717, 1.165) is 10.0 Å². The van der Waals surface area contributed by atoms with Gasteiger partial charge in [-0.05, 0) is 48.3 Å². The largest absolute Gasteiger partial charge is 0.474 e. The van der Waals surface area contributed by atoms with E-state index in [4.69, 9.17) is 4.74 Å². The quantitative estimate of drug-likeness (QED) is 0.779. The third-order valence-corrected chi connectivity index (χ3v) is 1.86. The second-order valence-electron chi connectivity index (χ2n) is 2.97. The molecule has 0 amide bonds. The minimum atomic E-state index is 0.163. The van der Waals surface area contributed by atoms with Crippen LogP contribution in [-0.4, -0.2) is 11.1 Å². The summed E-state index contributed by atoms with van der Waals surface area (Å²) in [6, 6.07) is 1.99. The van der Waals surface area contributed by atoms with Crippen molar-refractivity contribution in [3.05, 3.63) is 22.3 Å². The van der Waals surface area contributed by atoms with Gasteiger partial charge < -0.3 is 4.74 Å². The Bertz CT molecular complexity index is 273. The number of ether oxygens (including phenoxy) is 1. The van der Waals surface area contributed by atoms with Crippen LogP contribution in [0.3, 0.4) is 0 Å². The van der Waals surface area contributed by atoms with Crippen molar-refractivity contribution in [2.24, 2.45) is 0 Å². The van der Waals surface area contributed by atoms with Crippen LogP contribution in [0.2, 0.25) is 0 Å². The molecule has 0 aliphatic rings. The maximum absolute atomic E-state index is 5.44. The molecule has 0 saturated heterocycles. The van der Waals surface area contributed by atoms with Crippen LogP contribution in [0.5, 0.6) is 5.88 Å². The molecule has 0 fully saturated rings. The molecule has 0 radical (unpaired) electrons. The van der Waals surface area contributed by atoms with Gasteiger partial charge in [-0.15, -0.1) is 0 Å². The zero-order chi connectivity index (χ0) is 9.14. The number of nitrogens with zero attached hydrogens (tertiary/aromatic N) is 1. The summed E-state index contributed by atoms with van der Waals surface area (Å²) in [7, 11) is 0. The Hall–Kier alpha value is -0.570. The standard InChI is InChI=1S/C9H12BrNO/c1-6(2)12-9-8(10)4-7(3)5-11-9/h4-6H,1-3H3. The highest BCUT2D eigenvalue weighted by Gasteiger charge is 2.03. The predicted octanol–water partition coefficient (Wildman–Crippen LogP) is 2.94. The lowest BCUT2D eigenvalue weighted by atomic mass is 10.3. The second kappa shape index (κ2) is 3.90. The Morgan fingerprint density at radius 1 is 1.50 bits per heavy atom. The molecule has 1 heterocycles. The van der Waals surface area contributed by atoms with Gasteiger partial charge in [-0.2, -0.15) is 0 Å². The zero-order valence-corrected chi connectivity index (χ0v) is 9.05. The summed E-state index contributed by atoms with van der Waals surface area (Å²) in [6.45, 7) is 5.96. The molecule has 2 nitrogen and oxygen atoms in total. The molecule has 0 atom stereocenters. The van der Waals surface area contributed by atoms with E-state index in [1.54, 1.807) is 6.20 Å². The molecule has 0 aliphatic carbocycles. The van der Waals surface area contributed by atoms with Crippen LogP contribution >= 0.6 is 15.9 Å². The number of hydrogen-bond donors (Lipinski definition) is 0. The molecule has 0 aromatic carbocycles. The lowest BCUT2D eigenvalue weighted by Crippen LogP contribution is -2.07. The van der Waals surface area contributed by atoms with Gasteiger partial charge in [-0.3, -0.25) is 0 Å². The fourth-order valence-corrected chi connectivity index (χ4v) is 1.39. The predicted molar refractivity (Wildman–Crippen MR) is 52.4 cm³/mol. The van der Waals surface area contributed by atoms with Crippen LogP contribution in [0.4, 0.5) is 0 Å². The van der Waals surface area contributed by atoms with E-state index in [0.29, 0.717) is 5.88 Å². The van der Waals surface area contributed by atoms with Crippen molar-refractivity contribution in [2.75, 3.05) is 0 Å². The van der Waals surface area contributed by atoms with E-state index in [9.17, 15) is 0 Å². The van der Waals surface area contributed by atoms with Gasteiger partial charge in [0.05, 0.1) is 10.6 Å². The SMILES string of the molecule is Cc1cnc(OC(C)C)c(Br)c1. The molecule has 0 unspecified atom stereocenters. The topological polar surface area (TPSA) is 22.1 Å². The summed E-state index contributed by atoms with van der Waals surface area (Å²) in [5.41, 5.74) is 1.12. The Balaban J connectivity index is 2.86. The fourth-order valence-electron chi connectivity index (χ4n) is 0.831. The third-order valence-electron chi connectivity index (χ3n) is 1.29. The van der Waals surface area contributed by atoms with Crippen molar-refractivity contribution in [2.45, 2.75) is 26.9 Å². The zero-order valence-electron chi connectivity index (χ0n) is 7.47. The molecule has 66 valence electrons. The van der Waals surface area contributed by atoms with Crippen LogP contribution < -0.4 is 4.74 Å². The molecule has 12 heavy (non-hydrogen) atoms. The molecule has 0 aliphatic heterocycles. The van der Waals surface area contributed by atoms with Gasteiger partial charge in [0.2, 0.25) is 5.88 Å². The molecule has 1 rings (SSSR count). The third kappa shape index (κ3) is 2.48. The lowest BCUT2D eigenvalue weighted by Gasteiger charge is -2.09. The highest BCUT2D eigenvalue weighted by molar-refractivity contribution is 9.10. The highest BCUT2D eigenvalue weighted by atomic mass is 79.9. The Labute approximate surface area is 81.1 Å². The maximum atomic E-state index is 5.44. The average Bonchev–Trinajstić information content (AvgIpc) is 1.94. The highest BCUT2D eigenvalue weighted by Crippen LogP contribution is 2.23. The smallest absolute Gasteiger partial charge is 0.228 e. The summed E-state index contributed by atoms with van der Waals surface area (Å²) in [5, 5.41) is 0. The number of hydrogen-bond acceptors (Lipinski definition) is 2. The molecule has 0 saturated carbocycles. The second-order valence-corrected chi connectivity index (χ2v) is 3.82. The normalized spacial score (nSPS) is 10.4. The van der Waals surface area contributed by atoms with Crippen LogP contribution in [0.25, 0.3) is 0 Å². The number of halogens is 1. The first-order chi connectivity index (χ1) is 5.59. The molecule has 3 heteroatoms. The van der Waals surface area contributed by atoms with E-state index in [-0.39, 0.29) is 6.10 Å². The van der Waals surface area contributed by atoms with Crippen LogP contribution in [0.1, 0.15) is 19.4 Å². The monoisotopic (exact) mass is 229 g/mol.